The molecule has 1 fully saturated rings. The van der Waals surface area contributed by atoms with Gasteiger partial charge in [0.1, 0.15) is 0 Å². The Balaban J connectivity index is 0.00000200. The van der Waals surface area contributed by atoms with Crippen LogP contribution in [0.25, 0.3) is 0 Å². The summed E-state index contributed by atoms with van der Waals surface area (Å²) in [5.41, 5.74) is 7.08. The van der Waals surface area contributed by atoms with Crippen molar-refractivity contribution in [2.24, 2.45) is 11.7 Å². The molecule has 0 saturated carbocycles. The van der Waals surface area contributed by atoms with E-state index in [1.165, 1.54) is 5.56 Å². The minimum atomic E-state index is -0.0483. The Hall–Kier alpha value is -1.06. The van der Waals surface area contributed by atoms with Crippen LogP contribution in [-0.4, -0.2) is 29.4 Å². The lowest BCUT2D eigenvalue weighted by atomic mass is 9.93. The molecule has 112 valence electrons. The highest BCUT2D eigenvalue weighted by molar-refractivity contribution is 5.85. The van der Waals surface area contributed by atoms with Crippen LogP contribution in [0.15, 0.2) is 30.3 Å². The van der Waals surface area contributed by atoms with Gasteiger partial charge in [0, 0.05) is 25.0 Å². The van der Waals surface area contributed by atoms with E-state index < -0.39 is 0 Å². The van der Waals surface area contributed by atoms with Crippen molar-refractivity contribution in [3.8, 4) is 0 Å². The summed E-state index contributed by atoms with van der Waals surface area (Å²) in [6.45, 7) is 4.93. The standard InChI is InChI=1S/C16H24N2O.ClH/c1-12(17)10-16(19)18-9-8-15(13(18)2)11-14-6-4-3-5-7-14;/h3-7,12-13,15H,8-11,17H2,1-2H3;1H. The highest BCUT2D eigenvalue weighted by Crippen LogP contribution is 2.28. The number of nitrogens with two attached hydrogens (primary N) is 1. The second-order valence-electron chi connectivity index (χ2n) is 5.75. The molecule has 4 heteroatoms. The second-order valence-corrected chi connectivity index (χ2v) is 5.75. The molecule has 2 N–H and O–H groups in total. The lowest BCUT2D eigenvalue weighted by molar-refractivity contribution is -0.132. The Kier molecular flexibility index (Phi) is 6.50. The summed E-state index contributed by atoms with van der Waals surface area (Å²) in [6, 6.07) is 10.8. The number of carbonyl (C=O) groups excluding carboxylic acids is 1. The van der Waals surface area contributed by atoms with E-state index in [0.717, 1.165) is 19.4 Å². The molecule has 1 aliphatic heterocycles. The quantitative estimate of drug-likeness (QED) is 0.928. The summed E-state index contributed by atoms with van der Waals surface area (Å²) in [6.07, 6.45) is 2.62. The van der Waals surface area contributed by atoms with Crippen LogP contribution in [0.2, 0.25) is 0 Å². The highest BCUT2D eigenvalue weighted by Gasteiger charge is 2.33. The van der Waals surface area contributed by atoms with Crippen LogP contribution < -0.4 is 5.73 Å². The van der Waals surface area contributed by atoms with Crippen LogP contribution in [0.1, 0.15) is 32.3 Å². The van der Waals surface area contributed by atoms with E-state index in [2.05, 4.69) is 31.2 Å². The molecule has 1 amide bonds. The fourth-order valence-corrected chi connectivity index (χ4v) is 2.94. The third kappa shape index (κ3) is 4.22. The minimum absolute atomic E-state index is 0. The predicted molar refractivity (Wildman–Crippen MR) is 84.9 cm³/mol. The number of nitrogens with zero attached hydrogens (tertiary/aromatic N) is 1. The molecule has 0 bridgehead atoms. The molecule has 1 aromatic rings. The summed E-state index contributed by atoms with van der Waals surface area (Å²) >= 11 is 0. The molecule has 1 aliphatic rings. The van der Waals surface area contributed by atoms with E-state index >= 15 is 0 Å². The monoisotopic (exact) mass is 296 g/mol. The Labute approximate surface area is 127 Å². The molecule has 0 radical (unpaired) electrons. The zero-order chi connectivity index (χ0) is 13.8. The van der Waals surface area contributed by atoms with Gasteiger partial charge in [-0.15, -0.1) is 12.4 Å². The number of likely N-dealkylation sites (tertiary alicyclic amines) is 1. The molecule has 2 rings (SSSR count). The molecule has 1 aromatic carbocycles. The summed E-state index contributed by atoms with van der Waals surface area (Å²) < 4.78 is 0. The van der Waals surface area contributed by atoms with E-state index in [0.29, 0.717) is 18.4 Å². The second kappa shape index (κ2) is 7.65. The maximum atomic E-state index is 12.1. The first kappa shape index (κ1) is 17.0. The molecule has 20 heavy (non-hydrogen) atoms. The average molecular weight is 297 g/mol. The van der Waals surface area contributed by atoms with Crippen molar-refractivity contribution in [1.29, 1.82) is 0 Å². The van der Waals surface area contributed by atoms with Crippen molar-refractivity contribution >= 4 is 18.3 Å². The van der Waals surface area contributed by atoms with Gasteiger partial charge in [-0.2, -0.15) is 0 Å². The molecule has 1 saturated heterocycles. The Morgan fingerprint density at radius 1 is 1.40 bits per heavy atom. The zero-order valence-corrected chi connectivity index (χ0v) is 13.1. The van der Waals surface area contributed by atoms with Crippen LogP contribution in [0, 0.1) is 5.92 Å². The highest BCUT2D eigenvalue weighted by atomic mass is 35.5. The minimum Gasteiger partial charge on any atom is -0.340 e. The maximum Gasteiger partial charge on any atom is 0.224 e. The van der Waals surface area contributed by atoms with Gasteiger partial charge < -0.3 is 10.6 Å². The fourth-order valence-electron chi connectivity index (χ4n) is 2.94. The van der Waals surface area contributed by atoms with E-state index in [-0.39, 0.29) is 24.4 Å². The number of halogens is 1. The molecule has 3 nitrogen and oxygen atoms in total. The topological polar surface area (TPSA) is 46.3 Å². The molecule has 0 spiro atoms. The van der Waals surface area contributed by atoms with E-state index in [1.807, 2.05) is 17.9 Å². The van der Waals surface area contributed by atoms with Gasteiger partial charge in [-0.3, -0.25) is 4.79 Å². The first-order chi connectivity index (χ1) is 9.08. The summed E-state index contributed by atoms with van der Waals surface area (Å²) in [4.78, 5) is 14.1. The predicted octanol–water partition coefficient (Wildman–Crippen LogP) is 2.63. The third-order valence-corrected chi connectivity index (χ3v) is 4.07. The van der Waals surface area contributed by atoms with Crippen molar-refractivity contribution in [1.82, 2.24) is 4.90 Å². The van der Waals surface area contributed by atoms with Gasteiger partial charge in [0.25, 0.3) is 0 Å². The van der Waals surface area contributed by atoms with Crippen molar-refractivity contribution in [2.75, 3.05) is 6.54 Å². The first-order valence-corrected chi connectivity index (χ1v) is 7.17. The summed E-state index contributed by atoms with van der Waals surface area (Å²) in [5.74, 6) is 0.775. The van der Waals surface area contributed by atoms with Crippen LogP contribution >= 0.6 is 12.4 Å². The van der Waals surface area contributed by atoms with Crippen molar-refractivity contribution in [2.45, 2.75) is 45.2 Å². The van der Waals surface area contributed by atoms with Crippen molar-refractivity contribution < 1.29 is 4.79 Å². The summed E-state index contributed by atoms with van der Waals surface area (Å²) in [5, 5.41) is 0. The number of hydrogen-bond acceptors (Lipinski definition) is 2. The number of amides is 1. The largest absolute Gasteiger partial charge is 0.340 e. The molecular formula is C16H25ClN2O. The van der Waals surface area contributed by atoms with Gasteiger partial charge in [0.2, 0.25) is 5.91 Å². The third-order valence-electron chi connectivity index (χ3n) is 4.07. The number of rotatable bonds is 4. The number of hydrogen-bond donors (Lipinski definition) is 1. The number of benzene rings is 1. The lowest BCUT2D eigenvalue weighted by Gasteiger charge is -2.25. The SMILES string of the molecule is CC(N)CC(=O)N1CCC(Cc2ccccc2)C1C.Cl. The Morgan fingerprint density at radius 3 is 2.65 bits per heavy atom. The Bertz CT molecular complexity index is 422. The van der Waals surface area contributed by atoms with E-state index in [1.54, 1.807) is 0 Å². The van der Waals surface area contributed by atoms with Gasteiger partial charge in [0.05, 0.1) is 0 Å². The Morgan fingerprint density at radius 2 is 2.05 bits per heavy atom. The molecule has 0 aliphatic carbocycles. The first-order valence-electron chi connectivity index (χ1n) is 7.17. The van der Waals surface area contributed by atoms with Crippen LogP contribution in [0.3, 0.4) is 0 Å². The fraction of sp³-hybridized carbons (Fsp3) is 0.562. The maximum absolute atomic E-state index is 12.1. The molecular weight excluding hydrogens is 272 g/mol. The van der Waals surface area contributed by atoms with Gasteiger partial charge >= 0.3 is 0 Å². The van der Waals surface area contributed by atoms with Gasteiger partial charge in [-0.1, -0.05) is 30.3 Å². The van der Waals surface area contributed by atoms with Crippen molar-refractivity contribution in [3.05, 3.63) is 35.9 Å². The van der Waals surface area contributed by atoms with E-state index in [4.69, 9.17) is 5.73 Å². The van der Waals surface area contributed by atoms with Crippen LogP contribution in [0.5, 0.6) is 0 Å². The smallest absolute Gasteiger partial charge is 0.224 e. The van der Waals surface area contributed by atoms with E-state index in [9.17, 15) is 4.79 Å². The zero-order valence-electron chi connectivity index (χ0n) is 12.3. The number of carbonyl (C=O) groups is 1. The van der Waals surface area contributed by atoms with Crippen LogP contribution in [0.4, 0.5) is 0 Å². The lowest BCUT2D eigenvalue weighted by Crippen LogP contribution is -2.38. The van der Waals surface area contributed by atoms with Gasteiger partial charge in [-0.25, -0.2) is 0 Å². The van der Waals surface area contributed by atoms with Crippen LogP contribution in [-0.2, 0) is 11.2 Å². The van der Waals surface area contributed by atoms with Gasteiger partial charge in [-0.05, 0) is 38.2 Å². The summed E-state index contributed by atoms with van der Waals surface area (Å²) in [7, 11) is 0. The molecule has 3 unspecified atom stereocenters. The van der Waals surface area contributed by atoms with Gasteiger partial charge in [0.15, 0.2) is 0 Å². The molecule has 1 heterocycles. The molecule has 0 aromatic heterocycles. The average Bonchev–Trinajstić information content (AvgIpc) is 2.72. The molecule has 3 atom stereocenters. The normalized spacial score (nSPS) is 23.2. The van der Waals surface area contributed by atoms with Crippen molar-refractivity contribution in [3.63, 3.8) is 0 Å².